The third kappa shape index (κ3) is 6.67. The molecule has 1 aromatic carbocycles. The van der Waals surface area contributed by atoms with Gasteiger partial charge >= 0.3 is 6.09 Å². The molecular weight excluding hydrogens is 325 g/mol. The van der Waals surface area contributed by atoms with E-state index in [0.717, 1.165) is 5.56 Å². The second-order valence-electron chi connectivity index (χ2n) is 6.08. The first-order chi connectivity index (χ1) is 10.1. The Balaban J connectivity index is 2.66. The number of amides is 1. The second kappa shape index (κ2) is 7.84. The SMILES string of the molecule is CC(=O)C(CCNC(=O)OC(C)(C)C)c1cc(Cl)cc(Cl)c1. The lowest BCUT2D eigenvalue weighted by molar-refractivity contribution is -0.118. The fraction of sp³-hybridized carbons (Fsp3) is 0.500. The van der Waals surface area contributed by atoms with Crippen LogP contribution in [0.4, 0.5) is 4.79 Å². The van der Waals surface area contributed by atoms with Crippen LogP contribution in [0.15, 0.2) is 18.2 Å². The van der Waals surface area contributed by atoms with Gasteiger partial charge in [-0.3, -0.25) is 4.79 Å². The molecule has 0 aliphatic carbocycles. The molecule has 1 atom stereocenters. The summed E-state index contributed by atoms with van der Waals surface area (Å²) in [5.41, 5.74) is 0.195. The van der Waals surface area contributed by atoms with Crippen molar-refractivity contribution in [3.63, 3.8) is 0 Å². The van der Waals surface area contributed by atoms with Crippen LogP contribution in [-0.2, 0) is 9.53 Å². The molecule has 4 nitrogen and oxygen atoms in total. The number of ether oxygens (including phenoxy) is 1. The van der Waals surface area contributed by atoms with E-state index in [4.69, 9.17) is 27.9 Å². The van der Waals surface area contributed by atoms with Gasteiger partial charge in [0, 0.05) is 22.5 Å². The van der Waals surface area contributed by atoms with E-state index in [-0.39, 0.29) is 11.7 Å². The maximum Gasteiger partial charge on any atom is 0.407 e. The maximum atomic E-state index is 11.8. The van der Waals surface area contributed by atoms with Crippen molar-refractivity contribution in [2.24, 2.45) is 0 Å². The first-order valence-electron chi connectivity index (χ1n) is 7.02. The third-order valence-corrected chi connectivity index (χ3v) is 3.32. The van der Waals surface area contributed by atoms with Crippen molar-refractivity contribution in [1.82, 2.24) is 5.32 Å². The van der Waals surface area contributed by atoms with Gasteiger partial charge < -0.3 is 10.1 Å². The number of halogens is 2. The predicted molar refractivity (Wildman–Crippen MR) is 88.7 cm³/mol. The van der Waals surface area contributed by atoms with Crippen molar-refractivity contribution in [2.45, 2.75) is 45.6 Å². The number of benzene rings is 1. The number of hydrogen-bond acceptors (Lipinski definition) is 3. The van der Waals surface area contributed by atoms with Gasteiger partial charge in [-0.25, -0.2) is 4.79 Å². The Morgan fingerprint density at radius 3 is 2.18 bits per heavy atom. The second-order valence-corrected chi connectivity index (χ2v) is 6.96. The zero-order valence-electron chi connectivity index (χ0n) is 13.2. The normalized spacial score (nSPS) is 12.6. The van der Waals surface area contributed by atoms with E-state index in [0.29, 0.717) is 23.0 Å². The van der Waals surface area contributed by atoms with Crippen molar-refractivity contribution in [3.8, 4) is 0 Å². The van der Waals surface area contributed by atoms with Crippen LogP contribution in [0.2, 0.25) is 10.0 Å². The number of alkyl carbamates (subject to hydrolysis) is 1. The Bertz CT molecular complexity index is 533. The topological polar surface area (TPSA) is 55.4 Å². The molecule has 0 aromatic heterocycles. The quantitative estimate of drug-likeness (QED) is 0.849. The van der Waals surface area contributed by atoms with E-state index in [1.165, 1.54) is 6.92 Å². The van der Waals surface area contributed by atoms with Gasteiger partial charge in [-0.05, 0) is 57.9 Å². The van der Waals surface area contributed by atoms with Crippen molar-refractivity contribution in [3.05, 3.63) is 33.8 Å². The molecule has 1 rings (SSSR count). The van der Waals surface area contributed by atoms with Crippen LogP contribution in [0.3, 0.4) is 0 Å². The van der Waals surface area contributed by atoms with Gasteiger partial charge in [0.2, 0.25) is 0 Å². The van der Waals surface area contributed by atoms with Crippen LogP contribution in [0.5, 0.6) is 0 Å². The highest BCUT2D eigenvalue weighted by Gasteiger charge is 2.20. The first kappa shape index (κ1) is 18.8. The predicted octanol–water partition coefficient (Wildman–Crippen LogP) is 4.58. The molecule has 1 amide bonds. The summed E-state index contributed by atoms with van der Waals surface area (Å²) < 4.78 is 5.15. The molecule has 0 fully saturated rings. The summed E-state index contributed by atoms with van der Waals surface area (Å²) in [6, 6.07) is 5.04. The average Bonchev–Trinajstić information content (AvgIpc) is 2.30. The minimum Gasteiger partial charge on any atom is -0.444 e. The molecule has 122 valence electrons. The summed E-state index contributed by atoms with van der Waals surface area (Å²) in [6.45, 7) is 7.20. The highest BCUT2D eigenvalue weighted by Crippen LogP contribution is 2.27. The highest BCUT2D eigenvalue weighted by molar-refractivity contribution is 6.34. The third-order valence-electron chi connectivity index (χ3n) is 2.88. The Morgan fingerprint density at radius 2 is 1.73 bits per heavy atom. The number of nitrogens with one attached hydrogen (secondary N) is 1. The van der Waals surface area contributed by atoms with Crippen LogP contribution < -0.4 is 5.32 Å². The largest absolute Gasteiger partial charge is 0.444 e. The lowest BCUT2D eigenvalue weighted by Gasteiger charge is -2.20. The molecule has 0 radical (unpaired) electrons. The zero-order chi connectivity index (χ0) is 16.9. The minimum absolute atomic E-state index is 0.00989. The van der Waals surface area contributed by atoms with Crippen LogP contribution >= 0.6 is 23.2 Å². The fourth-order valence-electron chi connectivity index (χ4n) is 2.01. The van der Waals surface area contributed by atoms with E-state index < -0.39 is 11.7 Å². The summed E-state index contributed by atoms with van der Waals surface area (Å²) in [7, 11) is 0. The number of hydrogen-bond donors (Lipinski definition) is 1. The number of carbonyl (C=O) groups excluding carboxylic acids is 2. The molecule has 0 spiro atoms. The average molecular weight is 346 g/mol. The molecule has 1 unspecified atom stereocenters. The molecular formula is C16H21Cl2NO3. The van der Waals surface area contributed by atoms with Gasteiger partial charge in [-0.15, -0.1) is 0 Å². The molecule has 0 aliphatic heterocycles. The van der Waals surface area contributed by atoms with Crippen LogP contribution in [-0.4, -0.2) is 24.0 Å². The van der Waals surface area contributed by atoms with Crippen molar-refractivity contribution in [1.29, 1.82) is 0 Å². The van der Waals surface area contributed by atoms with Crippen LogP contribution in [0, 0.1) is 0 Å². The van der Waals surface area contributed by atoms with Gasteiger partial charge in [0.1, 0.15) is 11.4 Å². The molecule has 1 aromatic rings. The minimum atomic E-state index is -0.551. The number of Topliss-reactive ketones (excluding diaryl/α,β-unsaturated/α-hetero) is 1. The smallest absolute Gasteiger partial charge is 0.407 e. The Morgan fingerprint density at radius 1 is 1.18 bits per heavy atom. The van der Waals surface area contributed by atoms with E-state index in [1.54, 1.807) is 39.0 Å². The number of ketones is 1. The maximum absolute atomic E-state index is 11.8. The van der Waals surface area contributed by atoms with Gasteiger partial charge in [0.15, 0.2) is 0 Å². The summed E-state index contributed by atoms with van der Waals surface area (Å²) in [6.07, 6.45) is -0.0513. The van der Waals surface area contributed by atoms with E-state index in [1.807, 2.05) is 0 Å². The van der Waals surface area contributed by atoms with Gasteiger partial charge in [0.05, 0.1) is 0 Å². The monoisotopic (exact) mass is 345 g/mol. The standard InChI is InChI=1S/C16H21Cl2NO3/c1-10(20)14(11-7-12(17)9-13(18)8-11)5-6-19-15(21)22-16(2,3)4/h7-9,14H,5-6H2,1-4H3,(H,19,21). The Kier molecular flexibility index (Phi) is 6.69. The van der Waals surface area contributed by atoms with Gasteiger partial charge in [-0.1, -0.05) is 23.2 Å². The molecule has 6 heteroatoms. The lowest BCUT2D eigenvalue weighted by atomic mass is 9.92. The summed E-state index contributed by atoms with van der Waals surface area (Å²) in [5, 5.41) is 3.61. The van der Waals surface area contributed by atoms with Gasteiger partial charge in [0.25, 0.3) is 0 Å². The molecule has 0 saturated heterocycles. The number of rotatable bonds is 5. The van der Waals surface area contributed by atoms with Crippen molar-refractivity contribution in [2.75, 3.05) is 6.54 Å². The molecule has 22 heavy (non-hydrogen) atoms. The summed E-state index contributed by atoms with van der Waals surface area (Å²) in [4.78, 5) is 23.4. The Labute approximate surface area is 141 Å². The van der Waals surface area contributed by atoms with E-state index >= 15 is 0 Å². The first-order valence-corrected chi connectivity index (χ1v) is 7.77. The summed E-state index contributed by atoms with van der Waals surface area (Å²) in [5.74, 6) is -0.379. The zero-order valence-corrected chi connectivity index (χ0v) is 14.7. The van der Waals surface area contributed by atoms with Crippen LogP contribution in [0.1, 0.15) is 45.6 Å². The molecule has 0 saturated carbocycles. The Hall–Kier alpha value is -1.26. The molecule has 0 heterocycles. The lowest BCUT2D eigenvalue weighted by Crippen LogP contribution is -2.33. The van der Waals surface area contributed by atoms with Crippen molar-refractivity contribution >= 4 is 35.1 Å². The van der Waals surface area contributed by atoms with Gasteiger partial charge in [-0.2, -0.15) is 0 Å². The van der Waals surface area contributed by atoms with Crippen molar-refractivity contribution < 1.29 is 14.3 Å². The molecule has 0 bridgehead atoms. The number of carbonyl (C=O) groups is 2. The summed E-state index contributed by atoms with van der Waals surface area (Å²) >= 11 is 11.9. The highest BCUT2D eigenvalue weighted by atomic mass is 35.5. The molecule has 1 N–H and O–H groups in total. The van der Waals surface area contributed by atoms with E-state index in [2.05, 4.69) is 5.32 Å². The van der Waals surface area contributed by atoms with Crippen LogP contribution in [0.25, 0.3) is 0 Å². The molecule has 0 aliphatic rings. The van der Waals surface area contributed by atoms with E-state index in [9.17, 15) is 9.59 Å². The fourth-order valence-corrected chi connectivity index (χ4v) is 2.56.